The first-order chi connectivity index (χ1) is 15.3. The van der Waals surface area contributed by atoms with E-state index < -0.39 is 11.9 Å². The van der Waals surface area contributed by atoms with Gasteiger partial charge in [-0.15, -0.1) is 0 Å². The first kappa shape index (κ1) is 27.0. The van der Waals surface area contributed by atoms with Crippen molar-refractivity contribution in [1.29, 1.82) is 0 Å². The smallest absolute Gasteiger partial charge is 0.414 e. The molecule has 11 nitrogen and oxygen atoms in total. The molecule has 1 aliphatic rings. The first-order valence-corrected chi connectivity index (χ1v) is 10.0. The van der Waals surface area contributed by atoms with Crippen LogP contribution in [0.1, 0.15) is 18.4 Å². The quantitative estimate of drug-likeness (QED) is 0.361. The van der Waals surface area contributed by atoms with Gasteiger partial charge in [0.2, 0.25) is 11.7 Å². The molecule has 1 amide bonds. The topological polar surface area (TPSA) is 144 Å². The Morgan fingerprint density at radius 3 is 1.91 bits per heavy atom. The normalized spacial score (nSPS) is 14.0. The van der Waals surface area contributed by atoms with Crippen molar-refractivity contribution in [2.75, 3.05) is 54.7 Å². The zero-order valence-corrected chi connectivity index (χ0v) is 18.9. The Kier molecular flexibility index (Phi) is 11.9. The van der Waals surface area contributed by atoms with Crippen LogP contribution in [0.25, 0.3) is 0 Å². The van der Waals surface area contributed by atoms with Gasteiger partial charge in [0, 0.05) is 26.1 Å². The summed E-state index contributed by atoms with van der Waals surface area (Å²) in [7, 11) is 6.47. The average molecular weight is 456 g/mol. The Balaban J connectivity index is 0.000000751. The van der Waals surface area contributed by atoms with E-state index in [1.807, 2.05) is 12.1 Å². The molecular weight excluding hydrogens is 424 g/mol. The molecule has 0 spiro atoms. The lowest BCUT2D eigenvalue weighted by Gasteiger charge is -2.31. The van der Waals surface area contributed by atoms with E-state index in [2.05, 4.69) is 10.2 Å². The van der Waals surface area contributed by atoms with Gasteiger partial charge in [0.25, 0.3) is 0 Å². The van der Waals surface area contributed by atoms with Gasteiger partial charge in [-0.2, -0.15) is 0 Å². The second-order valence-electron chi connectivity index (χ2n) is 6.98. The molecule has 1 aromatic carbocycles. The van der Waals surface area contributed by atoms with E-state index in [0.29, 0.717) is 30.4 Å². The Hall–Kier alpha value is -3.05. The summed E-state index contributed by atoms with van der Waals surface area (Å²) in [6, 6.07) is 3.95. The third-order valence-corrected chi connectivity index (χ3v) is 4.88. The lowest BCUT2D eigenvalue weighted by atomic mass is 9.95. The number of piperidine rings is 1. The number of ether oxygens (including phenoxy) is 4. The predicted molar refractivity (Wildman–Crippen MR) is 114 cm³/mol. The van der Waals surface area contributed by atoms with E-state index >= 15 is 0 Å². The van der Waals surface area contributed by atoms with Crippen LogP contribution in [-0.4, -0.2) is 87.6 Å². The molecule has 0 saturated carbocycles. The van der Waals surface area contributed by atoms with Crippen LogP contribution >= 0.6 is 0 Å². The second-order valence-corrected chi connectivity index (χ2v) is 6.98. The Bertz CT molecular complexity index is 725. The number of carbonyl (C=O) groups is 3. The number of likely N-dealkylation sites (tertiary alicyclic amines) is 1. The van der Waals surface area contributed by atoms with Gasteiger partial charge in [0.15, 0.2) is 11.5 Å². The lowest BCUT2D eigenvalue weighted by molar-refractivity contribution is -0.159. The Labute approximate surface area is 187 Å². The number of carboxylic acid groups (broad SMARTS) is 2. The summed E-state index contributed by atoms with van der Waals surface area (Å²) in [5, 5.41) is 17.7. The van der Waals surface area contributed by atoms with Gasteiger partial charge in [-0.1, -0.05) is 0 Å². The van der Waals surface area contributed by atoms with Crippen LogP contribution < -0.4 is 19.5 Å². The average Bonchev–Trinajstić information content (AvgIpc) is 2.79. The van der Waals surface area contributed by atoms with Crippen LogP contribution in [0.3, 0.4) is 0 Å². The Morgan fingerprint density at radius 2 is 1.50 bits per heavy atom. The fraction of sp³-hybridized carbons (Fsp3) is 0.571. The van der Waals surface area contributed by atoms with Gasteiger partial charge in [0.05, 0.1) is 27.9 Å². The second kappa shape index (κ2) is 14.1. The van der Waals surface area contributed by atoms with Crippen molar-refractivity contribution in [3.8, 4) is 17.2 Å². The van der Waals surface area contributed by atoms with Gasteiger partial charge in [-0.05, 0) is 43.6 Å². The summed E-state index contributed by atoms with van der Waals surface area (Å²) >= 11 is 0. The number of aliphatic carboxylic acids is 2. The maximum absolute atomic E-state index is 12.1. The van der Waals surface area contributed by atoms with Crippen LogP contribution in [0.5, 0.6) is 17.2 Å². The minimum Gasteiger partial charge on any atom is -0.493 e. The fourth-order valence-corrected chi connectivity index (χ4v) is 3.26. The van der Waals surface area contributed by atoms with Crippen molar-refractivity contribution in [3.05, 3.63) is 17.7 Å². The number of rotatable bonds is 9. The molecule has 0 aromatic heterocycles. The third-order valence-electron chi connectivity index (χ3n) is 4.88. The highest BCUT2D eigenvalue weighted by molar-refractivity contribution is 6.27. The summed E-state index contributed by atoms with van der Waals surface area (Å²) < 4.78 is 21.2. The summed E-state index contributed by atoms with van der Waals surface area (Å²) in [4.78, 5) is 32.7. The SMILES string of the molecule is COCCNC(=O)C1CCN(Cc2cc(OC)c(OC)c(OC)c2)CC1.O=C(O)C(=O)O. The highest BCUT2D eigenvalue weighted by Crippen LogP contribution is 2.38. The van der Waals surface area contributed by atoms with Crippen LogP contribution in [0.15, 0.2) is 12.1 Å². The number of nitrogens with zero attached hydrogens (tertiary/aromatic N) is 1. The number of amides is 1. The standard InChI is InChI=1S/C19H30N2O5.C2H2O4/c1-23-10-7-20-19(22)15-5-8-21(9-6-15)13-14-11-16(24-2)18(26-4)17(12-14)25-3;3-1(4)2(5)6/h11-12,15H,5-10,13H2,1-4H3,(H,20,22);(H,3,4)(H,5,6). The van der Waals surface area contributed by atoms with E-state index in [9.17, 15) is 4.79 Å². The molecule has 1 heterocycles. The number of benzene rings is 1. The van der Waals surface area contributed by atoms with Crippen LogP contribution in [0, 0.1) is 5.92 Å². The third kappa shape index (κ3) is 8.60. The lowest BCUT2D eigenvalue weighted by Crippen LogP contribution is -2.41. The van der Waals surface area contributed by atoms with E-state index in [4.69, 9.17) is 38.7 Å². The molecule has 0 bridgehead atoms. The number of carboxylic acids is 2. The molecule has 2 rings (SSSR count). The van der Waals surface area contributed by atoms with Gasteiger partial charge in [-0.3, -0.25) is 9.69 Å². The molecule has 180 valence electrons. The minimum absolute atomic E-state index is 0.0862. The minimum atomic E-state index is -1.82. The molecule has 0 aliphatic carbocycles. The van der Waals surface area contributed by atoms with Crippen molar-refractivity contribution >= 4 is 17.8 Å². The predicted octanol–water partition coefficient (Wildman–Crippen LogP) is 0.843. The summed E-state index contributed by atoms with van der Waals surface area (Å²) in [5.41, 5.74) is 1.10. The van der Waals surface area contributed by atoms with Crippen molar-refractivity contribution in [3.63, 3.8) is 0 Å². The van der Waals surface area contributed by atoms with Crippen LogP contribution in [0.4, 0.5) is 0 Å². The van der Waals surface area contributed by atoms with Gasteiger partial charge >= 0.3 is 11.9 Å². The molecule has 0 atom stereocenters. The molecule has 11 heteroatoms. The number of hydrogen-bond acceptors (Lipinski definition) is 8. The van der Waals surface area contributed by atoms with Gasteiger partial charge in [0.1, 0.15) is 0 Å². The molecule has 3 N–H and O–H groups in total. The zero-order chi connectivity index (χ0) is 24.1. The van der Waals surface area contributed by atoms with Crippen molar-refractivity contribution in [2.24, 2.45) is 5.92 Å². The maximum Gasteiger partial charge on any atom is 0.414 e. The number of nitrogens with one attached hydrogen (secondary N) is 1. The molecule has 0 radical (unpaired) electrons. The molecule has 1 aliphatic heterocycles. The van der Waals surface area contributed by atoms with Crippen LogP contribution in [-0.2, 0) is 25.7 Å². The monoisotopic (exact) mass is 456 g/mol. The number of carbonyl (C=O) groups excluding carboxylic acids is 1. The molecule has 0 unspecified atom stereocenters. The zero-order valence-electron chi connectivity index (χ0n) is 18.9. The summed E-state index contributed by atoms with van der Waals surface area (Å²) in [6.45, 7) is 3.68. The first-order valence-electron chi connectivity index (χ1n) is 10.0. The summed E-state index contributed by atoms with van der Waals surface area (Å²) in [6.07, 6.45) is 1.73. The van der Waals surface area contributed by atoms with E-state index in [0.717, 1.165) is 38.0 Å². The van der Waals surface area contributed by atoms with Gasteiger partial charge < -0.3 is 34.5 Å². The highest BCUT2D eigenvalue weighted by Gasteiger charge is 2.25. The molecular formula is C21H32N2O9. The number of hydrogen-bond donors (Lipinski definition) is 3. The van der Waals surface area contributed by atoms with E-state index in [-0.39, 0.29) is 11.8 Å². The molecule has 1 saturated heterocycles. The van der Waals surface area contributed by atoms with E-state index in [1.165, 1.54) is 0 Å². The largest absolute Gasteiger partial charge is 0.493 e. The molecule has 1 aromatic rings. The van der Waals surface area contributed by atoms with Crippen molar-refractivity contribution in [2.45, 2.75) is 19.4 Å². The van der Waals surface area contributed by atoms with Crippen molar-refractivity contribution in [1.82, 2.24) is 10.2 Å². The maximum atomic E-state index is 12.1. The molecule has 32 heavy (non-hydrogen) atoms. The highest BCUT2D eigenvalue weighted by atomic mass is 16.5. The van der Waals surface area contributed by atoms with Gasteiger partial charge in [-0.25, -0.2) is 9.59 Å². The summed E-state index contributed by atoms with van der Waals surface area (Å²) in [5.74, 6) is -1.50. The van der Waals surface area contributed by atoms with Crippen molar-refractivity contribution < 1.29 is 43.5 Å². The van der Waals surface area contributed by atoms with Crippen LogP contribution in [0.2, 0.25) is 0 Å². The number of methoxy groups -OCH3 is 4. The molecule has 1 fully saturated rings. The Morgan fingerprint density at radius 1 is 0.969 bits per heavy atom. The van der Waals surface area contributed by atoms with E-state index in [1.54, 1.807) is 28.4 Å². The fourth-order valence-electron chi connectivity index (χ4n) is 3.26.